The number of piperazine rings is 1. The molecule has 0 amide bonds. The summed E-state index contributed by atoms with van der Waals surface area (Å²) in [4.78, 5) is 2.20. The number of sulfonamides is 2. The Labute approximate surface area is 200 Å². The molecule has 1 heterocycles. The zero-order valence-corrected chi connectivity index (χ0v) is 20.0. The Morgan fingerprint density at radius 1 is 0.765 bits per heavy atom. The van der Waals surface area contributed by atoms with Gasteiger partial charge in [-0.05, 0) is 42.0 Å². The quantitative estimate of drug-likeness (QED) is 0.440. The summed E-state index contributed by atoms with van der Waals surface area (Å²) >= 11 is 0. The van der Waals surface area contributed by atoms with Crippen LogP contribution in [0, 0.1) is 0 Å². The molecule has 178 valence electrons. The Bertz CT molecular complexity index is 1350. The summed E-state index contributed by atoms with van der Waals surface area (Å²) in [7, 11) is -7.83. The highest BCUT2D eigenvalue weighted by Gasteiger charge is 2.20. The lowest BCUT2D eigenvalue weighted by atomic mass is 10.2. The summed E-state index contributed by atoms with van der Waals surface area (Å²) < 4.78 is 56.5. The molecule has 3 aromatic carbocycles. The van der Waals surface area contributed by atoms with E-state index in [1.165, 1.54) is 18.2 Å². The molecule has 0 atom stereocenters. The number of rotatable bonds is 8. The molecule has 1 aliphatic rings. The van der Waals surface area contributed by atoms with E-state index >= 15 is 0 Å². The van der Waals surface area contributed by atoms with Gasteiger partial charge in [0.2, 0.25) is 0 Å². The van der Waals surface area contributed by atoms with E-state index in [-0.39, 0.29) is 16.3 Å². The van der Waals surface area contributed by atoms with Gasteiger partial charge >= 0.3 is 0 Å². The van der Waals surface area contributed by atoms with Gasteiger partial charge in [0, 0.05) is 31.9 Å². The lowest BCUT2D eigenvalue weighted by molar-refractivity contribution is 0.589. The molecule has 1 aliphatic heterocycles. The van der Waals surface area contributed by atoms with Crippen molar-refractivity contribution >= 4 is 43.2 Å². The molecule has 0 saturated carbocycles. The fourth-order valence-electron chi connectivity index (χ4n) is 3.55. The maximum atomic E-state index is 12.9. The largest absolute Gasteiger partial charge is 0.369 e. The van der Waals surface area contributed by atoms with E-state index in [1.807, 2.05) is 18.2 Å². The molecule has 0 radical (unpaired) electrons. The highest BCUT2D eigenvalue weighted by atomic mass is 32.2. The molecule has 8 nitrogen and oxygen atoms in total. The summed E-state index contributed by atoms with van der Waals surface area (Å²) in [6, 6.07) is 22.0. The predicted molar refractivity (Wildman–Crippen MR) is 137 cm³/mol. The van der Waals surface area contributed by atoms with Crippen LogP contribution in [0.25, 0.3) is 6.08 Å². The van der Waals surface area contributed by atoms with E-state index in [9.17, 15) is 16.8 Å². The third-order valence-corrected chi connectivity index (χ3v) is 7.65. The maximum Gasteiger partial charge on any atom is 0.261 e. The molecule has 34 heavy (non-hydrogen) atoms. The highest BCUT2D eigenvalue weighted by molar-refractivity contribution is 7.95. The van der Waals surface area contributed by atoms with Crippen LogP contribution in [0.3, 0.4) is 0 Å². The summed E-state index contributed by atoms with van der Waals surface area (Å²) in [6.45, 7) is 3.14. The predicted octanol–water partition coefficient (Wildman–Crippen LogP) is 3.31. The van der Waals surface area contributed by atoms with Crippen LogP contribution in [0.15, 0.2) is 89.2 Å². The van der Waals surface area contributed by atoms with E-state index in [0.29, 0.717) is 0 Å². The van der Waals surface area contributed by atoms with Gasteiger partial charge < -0.3 is 10.2 Å². The van der Waals surface area contributed by atoms with Gasteiger partial charge in [0.05, 0.1) is 21.7 Å². The van der Waals surface area contributed by atoms with Crippen LogP contribution in [-0.2, 0) is 20.0 Å². The van der Waals surface area contributed by atoms with Crippen molar-refractivity contribution in [3.8, 4) is 0 Å². The molecule has 3 aromatic rings. The van der Waals surface area contributed by atoms with Gasteiger partial charge in [0.1, 0.15) is 0 Å². The molecule has 0 aliphatic carbocycles. The standard InChI is InChI=1S/C24H26N4O4S2/c29-33(30,18-13-20-7-3-1-4-8-20)26-24-19-21(28-16-14-25-15-17-28)11-12-23(24)27-34(31,32)22-9-5-2-6-10-22/h1-13,18-19,25-27H,14-17H2/b18-13+. The van der Waals surface area contributed by atoms with E-state index in [4.69, 9.17) is 0 Å². The monoisotopic (exact) mass is 498 g/mol. The van der Waals surface area contributed by atoms with E-state index < -0.39 is 20.0 Å². The first kappa shape index (κ1) is 23.8. The van der Waals surface area contributed by atoms with Gasteiger partial charge in [-0.1, -0.05) is 48.5 Å². The second-order valence-electron chi connectivity index (χ2n) is 7.75. The second kappa shape index (κ2) is 10.3. The Hall–Kier alpha value is -3.34. The van der Waals surface area contributed by atoms with E-state index in [2.05, 4.69) is 19.7 Å². The molecule has 10 heteroatoms. The highest BCUT2D eigenvalue weighted by Crippen LogP contribution is 2.31. The number of nitrogens with one attached hydrogen (secondary N) is 3. The number of nitrogens with zero attached hydrogens (tertiary/aromatic N) is 1. The van der Waals surface area contributed by atoms with Crippen LogP contribution in [0.2, 0.25) is 0 Å². The maximum absolute atomic E-state index is 12.9. The number of anilines is 3. The summed E-state index contributed by atoms with van der Waals surface area (Å²) in [5, 5.41) is 4.34. The smallest absolute Gasteiger partial charge is 0.261 e. The minimum absolute atomic E-state index is 0.0824. The average molecular weight is 499 g/mol. The van der Waals surface area contributed by atoms with Crippen molar-refractivity contribution in [1.29, 1.82) is 0 Å². The Morgan fingerprint density at radius 2 is 1.41 bits per heavy atom. The normalized spacial score (nSPS) is 14.8. The van der Waals surface area contributed by atoms with Gasteiger partial charge in [-0.2, -0.15) is 0 Å². The third kappa shape index (κ3) is 6.16. The molecule has 0 aromatic heterocycles. The molecule has 0 unspecified atom stereocenters. The Balaban J connectivity index is 1.66. The van der Waals surface area contributed by atoms with Crippen LogP contribution < -0.4 is 19.7 Å². The van der Waals surface area contributed by atoms with Gasteiger partial charge in [-0.15, -0.1) is 0 Å². The minimum Gasteiger partial charge on any atom is -0.369 e. The van der Waals surface area contributed by atoms with Crippen molar-refractivity contribution in [3.05, 3.63) is 89.8 Å². The van der Waals surface area contributed by atoms with Crippen molar-refractivity contribution in [1.82, 2.24) is 5.32 Å². The fourth-order valence-corrected chi connectivity index (χ4v) is 5.53. The molecule has 1 fully saturated rings. The average Bonchev–Trinajstić information content (AvgIpc) is 2.85. The second-order valence-corrected chi connectivity index (χ2v) is 11.0. The molecular formula is C24H26N4O4S2. The number of hydrogen-bond acceptors (Lipinski definition) is 6. The zero-order valence-electron chi connectivity index (χ0n) is 18.4. The fraction of sp³-hybridized carbons (Fsp3) is 0.167. The molecule has 0 spiro atoms. The molecule has 0 bridgehead atoms. The van der Waals surface area contributed by atoms with Gasteiger partial charge in [-0.25, -0.2) is 16.8 Å². The van der Waals surface area contributed by atoms with Crippen LogP contribution in [0.1, 0.15) is 5.56 Å². The van der Waals surface area contributed by atoms with Gasteiger partial charge in [0.25, 0.3) is 20.0 Å². The summed E-state index contributed by atoms with van der Waals surface area (Å²) in [6.07, 6.45) is 1.48. The van der Waals surface area contributed by atoms with Crippen molar-refractivity contribution in [2.75, 3.05) is 40.5 Å². The van der Waals surface area contributed by atoms with Crippen molar-refractivity contribution in [3.63, 3.8) is 0 Å². The van der Waals surface area contributed by atoms with Crippen LogP contribution in [0.4, 0.5) is 17.1 Å². The van der Waals surface area contributed by atoms with E-state index in [1.54, 1.807) is 48.5 Å². The first-order chi connectivity index (χ1) is 16.3. The molecule has 4 rings (SSSR count). The van der Waals surface area contributed by atoms with Gasteiger partial charge in [0.15, 0.2) is 0 Å². The molecule has 3 N–H and O–H groups in total. The first-order valence-corrected chi connectivity index (χ1v) is 13.8. The minimum atomic E-state index is -3.92. The van der Waals surface area contributed by atoms with E-state index in [0.717, 1.165) is 42.8 Å². The van der Waals surface area contributed by atoms with Crippen LogP contribution >= 0.6 is 0 Å². The summed E-state index contributed by atoms with van der Waals surface area (Å²) in [5.41, 5.74) is 1.81. The lowest BCUT2D eigenvalue weighted by Gasteiger charge is -2.30. The van der Waals surface area contributed by atoms with Crippen molar-refractivity contribution in [2.24, 2.45) is 0 Å². The van der Waals surface area contributed by atoms with Gasteiger partial charge in [-0.3, -0.25) is 9.44 Å². The van der Waals surface area contributed by atoms with Crippen LogP contribution in [0.5, 0.6) is 0 Å². The molecule has 1 saturated heterocycles. The SMILES string of the molecule is O=S(=O)(/C=C/c1ccccc1)Nc1cc(N2CCNCC2)ccc1NS(=O)(=O)c1ccccc1. The first-order valence-electron chi connectivity index (χ1n) is 10.8. The zero-order chi connectivity index (χ0) is 24.0. The third-order valence-electron chi connectivity index (χ3n) is 5.27. The molecular weight excluding hydrogens is 472 g/mol. The number of benzene rings is 3. The summed E-state index contributed by atoms with van der Waals surface area (Å²) in [5.74, 6) is 0. The van der Waals surface area contributed by atoms with Crippen molar-refractivity contribution < 1.29 is 16.8 Å². The Kier molecular flexibility index (Phi) is 7.20. The Morgan fingerprint density at radius 3 is 2.09 bits per heavy atom. The lowest BCUT2D eigenvalue weighted by Crippen LogP contribution is -2.43. The topological polar surface area (TPSA) is 108 Å². The van der Waals surface area contributed by atoms with Crippen LogP contribution in [-0.4, -0.2) is 43.0 Å². The van der Waals surface area contributed by atoms with Crippen molar-refractivity contribution in [2.45, 2.75) is 4.90 Å². The number of hydrogen-bond donors (Lipinski definition) is 3.